The minimum Gasteiger partial charge on any atom is -0.378 e. The number of aromatic nitrogens is 2. The van der Waals surface area contributed by atoms with E-state index in [4.69, 9.17) is 16.3 Å². The molecule has 1 aliphatic heterocycles. The van der Waals surface area contributed by atoms with E-state index < -0.39 is 0 Å². The number of carbonyl (C=O) groups is 1. The molecule has 1 aromatic carbocycles. The smallest absolute Gasteiger partial charge is 0.334 e. The number of rotatable bonds is 5. The van der Waals surface area contributed by atoms with Gasteiger partial charge in [-0.3, -0.25) is 18.8 Å². The Morgan fingerprint density at radius 1 is 1.23 bits per heavy atom. The van der Waals surface area contributed by atoms with E-state index in [1.807, 2.05) is 31.0 Å². The summed E-state index contributed by atoms with van der Waals surface area (Å²) in [5, 5.41) is 0.625. The summed E-state index contributed by atoms with van der Waals surface area (Å²) in [6.45, 7) is 4.90. The van der Waals surface area contributed by atoms with E-state index in [2.05, 4.69) is 0 Å². The van der Waals surface area contributed by atoms with E-state index in [0.717, 1.165) is 11.4 Å². The molecule has 0 atom stereocenters. The lowest BCUT2D eigenvalue weighted by molar-refractivity contribution is -0.136. The maximum Gasteiger partial charge on any atom is 0.334 e. The molecule has 2 aromatic rings. The quantitative estimate of drug-likeness (QED) is 0.788. The molecule has 0 saturated carbocycles. The Bertz CT molecular complexity index is 822. The molecule has 0 aliphatic carbocycles. The van der Waals surface area contributed by atoms with Crippen molar-refractivity contribution in [2.45, 2.75) is 13.6 Å². The van der Waals surface area contributed by atoms with Crippen LogP contribution < -0.4 is 5.69 Å². The number of amides is 1. The molecule has 140 valence electrons. The molecule has 0 unspecified atom stereocenters. The molecule has 1 aromatic heterocycles. The van der Waals surface area contributed by atoms with Gasteiger partial charge in [-0.25, -0.2) is 4.79 Å². The number of nitrogens with zero attached hydrogens (tertiary/aromatic N) is 4. The fraction of sp³-hybridized carbons (Fsp3) is 0.444. The number of imidazole rings is 1. The van der Waals surface area contributed by atoms with Crippen molar-refractivity contribution in [1.29, 1.82) is 0 Å². The van der Waals surface area contributed by atoms with Crippen LogP contribution in [0.15, 0.2) is 35.3 Å². The van der Waals surface area contributed by atoms with E-state index in [1.54, 1.807) is 32.4 Å². The van der Waals surface area contributed by atoms with E-state index >= 15 is 0 Å². The monoisotopic (exact) mass is 378 g/mol. The molecule has 3 rings (SSSR count). The minimum absolute atomic E-state index is 0.0534. The molecule has 26 heavy (non-hydrogen) atoms. The zero-order valence-electron chi connectivity index (χ0n) is 15.0. The number of ether oxygens (including phenoxy) is 1. The molecule has 7 nitrogen and oxygen atoms in total. The summed E-state index contributed by atoms with van der Waals surface area (Å²) in [6.07, 6.45) is 1.80. The Labute approximate surface area is 157 Å². The molecule has 1 fully saturated rings. The highest BCUT2D eigenvalue weighted by molar-refractivity contribution is 6.30. The first-order valence-electron chi connectivity index (χ1n) is 8.54. The molecule has 1 aliphatic rings. The normalized spacial score (nSPS) is 14.8. The molecule has 0 radical (unpaired) electrons. The number of morpholine rings is 1. The summed E-state index contributed by atoms with van der Waals surface area (Å²) < 4.78 is 8.51. The Morgan fingerprint density at radius 3 is 2.54 bits per heavy atom. The minimum atomic E-state index is -0.143. The molecule has 0 bridgehead atoms. The van der Waals surface area contributed by atoms with Gasteiger partial charge in [0, 0.05) is 30.0 Å². The molecular weight excluding hydrogens is 356 g/mol. The number of aryl methyl sites for hydroxylation is 1. The third-order valence-corrected chi connectivity index (χ3v) is 4.63. The van der Waals surface area contributed by atoms with Crippen LogP contribution in [-0.2, 0) is 16.2 Å². The van der Waals surface area contributed by atoms with Crippen molar-refractivity contribution in [3.63, 3.8) is 0 Å². The maximum absolute atomic E-state index is 12.8. The topological polar surface area (TPSA) is 59.7 Å². The summed E-state index contributed by atoms with van der Waals surface area (Å²) in [4.78, 5) is 28.7. The molecular formula is C18H23ClN4O3. The van der Waals surface area contributed by atoms with Gasteiger partial charge in [0.15, 0.2) is 0 Å². The van der Waals surface area contributed by atoms with Gasteiger partial charge in [0.05, 0.1) is 32.1 Å². The fourth-order valence-corrected chi connectivity index (χ4v) is 3.20. The van der Waals surface area contributed by atoms with Crippen LogP contribution in [0.1, 0.15) is 5.69 Å². The number of benzene rings is 1. The number of hydrogen-bond acceptors (Lipinski definition) is 4. The summed E-state index contributed by atoms with van der Waals surface area (Å²) in [5.74, 6) is 0.0534. The Kier molecular flexibility index (Phi) is 5.80. The second kappa shape index (κ2) is 8.07. The number of hydrogen-bond donors (Lipinski definition) is 0. The Hall–Kier alpha value is -2.09. The lowest BCUT2D eigenvalue weighted by atomic mass is 10.3. The largest absolute Gasteiger partial charge is 0.378 e. The van der Waals surface area contributed by atoms with Gasteiger partial charge in [-0.05, 0) is 38.2 Å². The molecule has 1 saturated heterocycles. The van der Waals surface area contributed by atoms with Gasteiger partial charge in [-0.15, -0.1) is 0 Å². The van der Waals surface area contributed by atoms with E-state index in [1.165, 1.54) is 0 Å². The first-order chi connectivity index (χ1) is 12.5. The van der Waals surface area contributed by atoms with Crippen molar-refractivity contribution < 1.29 is 9.53 Å². The van der Waals surface area contributed by atoms with Gasteiger partial charge in [0.1, 0.15) is 0 Å². The summed E-state index contributed by atoms with van der Waals surface area (Å²) >= 11 is 5.92. The second-order valence-electron chi connectivity index (χ2n) is 6.48. The van der Waals surface area contributed by atoms with Crippen molar-refractivity contribution in [2.24, 2.45) is 0 Å². The van der Waals surface area contributed by atoms with Crippen LogP contribution in [0, 0.1) is 6.92 Å². The van der Waals surface area contributed by atoms with Crippen molar-refractivity contribution >= 4 is 17.5 Å². The predicted octanol–water partition coefficient (Wildman–Crippen LogP) is 1.35. The van der Waals surface area contributed by atoms with Gasteiger partial charge in [-0.2, -0.15) is 0 Å². The summed E-state index contributed by atoms with van der Waals surface area (Å²) in [6, 6.07) is 7.14. The fourth-order valence-electron chi connectivity index (χ4n) is 3.08. The van der Waals surface area contributed by atoms with E-state index in [-0.39, 0.29) is 18.1 Å². The average molecular weight is 379 g/mol. The zero-order valence-corrected chi connectivity index (χ0v) is 15.8. The van der Waals surface area contributed by atoms with Crippen LogP contribution >= 0.6 is 11.6 Å². The van der Waals surface area contributed by atoms with E-state index in [9.17, 15) is 9.59 Å². The highest BCUT2D eigenvalue weighted by atomic mass is 35.5. The van der Waals surface area contributed by atoms with Crippen molar-refractivity contribution in [3.8, 4) is 5.69 Å². The van der Waals surface area contributed by atoms with Crippen molar-refractivity contribution in [3.05, 3.63) is 51.7 Å². The molecule has 1 amide bonds. The number of likely N-dealkylation sites (N-methyl/N-ethyl adjacent to an activating group) is 1. The third-order valence-electron chi connectivity index (χ3n) is 4.38. The first kappa shape index (κ1) is 18.7. The molecule has 8 heteroatoms. The van der Waals surface area contributed by atoms with Crippen molar-refractivity contribution in [2.75, 3.05) is 39.9 Å². The van der Waals surface area contributed by atoms with Gasteiger partial charge in [0.25, 0.3) is 0 Å². The maximum atomic E-state index is 12.8. The van der Waals surface area contributed by atoms with Crippen LogP contribution in [0.25, 0.3) is 5.69 Å². The Morgan fingerprint density at radius 2 is 1.88 bits per heavy atom. The number of halogens is 1. The van der Waals surface area contributed by atoms with Gasteiger partial charge in [-0.1, -0.05) is 11.6 Å². The SMILES string of the molecule is Cc1cn(CN(C)CC(=O)N2CCOCC2)c(=O)n1-c1ccc(Cl)cc1. The van der Waals surface area contributed by atoms with Gasteiger partial charge >= 0.3 is 5.69 Å². The van der Waals surface area contributed by atoms with E-state index in [0.29, 0.717) is 38.0 Å². The van der Waals surface area contributed by atoms with Crippen LogP contribution in [0.2, 0.25) is 5.02 Å². The molecule has 0 spiro atoms. The highest BCUT2D eigenvalue weighted by Gasteiger charge is 2.19. The first-order valence-corrected chi connectivity index (χ1v) is 8.92. The predicted molar refractivity (Wildman–Crippen MR) is 99.8 cm³/mol. The van der Waals surface area contributed by atoms with Gasteiger partial charge in [0.2, 0.25) is 5.91 Å². The van der Waals surface area contributed by atoms with Gasteiger partial charge < -0.3 is 9.64 Å². The zero-order chi connectivity index (χ0) is 18.7. The highest BCUT2D eigenvalue weighted by Crippen LogP contribution is 2.14. The summed E-state index contributed by atoms with van der Waals surface area (Å²) in [5.41, 5.74) is 1.45. The van der Waals surface area contributed by atoms with Crippen molar-refractivity contribution in [1.82, 2.24) is 18.9 Å². The summed E-state index contributed by atoms with van der Waals surface area (Å²) in [7, 11) is 1.83. The lowest BCUT2D eigenvalue weighted by Crippen LogP contribution is -2.45. The van der Waals surface area contributed by atoms with Crippen LogP contribution in [0.4, 0.5) is 0 Å². The second-order valence-corrected chi connectivity index (χ2v) is 6.92. The van der Waals surface area contributed by atoms with Crippen LogP contribution in [0.5, 0.6) is 0 Å². The average Bonchev–Trinajstić information content (AvgIpc) is 2.90. The lowest BCUT2D eigenvalue weighted by Gasteiger charge is -2.28. The molecule has 2 heterocycles. The Balaban J connectivity index is 1.70. The molecule has 0 N–H and O–H groups in total. The third kappa shape index (κ3) is 4.17. The number of carbonyl (C=O) groups excluding carboxylic acids is 1. The standard InChI is InChI=1S/C18H23ClN4O3/c1-14-11-22(18(25)23(14)16-5-3-15(19)4-6-16)13-20(2)12-17(24)21-7-9-26-10-8-21/h3-6,11H,7-10,12-13H2,1-2H3. The van der Waals surface area contributed by atoms with Crippen LogP contribution in [-0.4, -0.2) is 64.7 Å². The van der Waals surface area contributed by atoms with Crippen LogP contribution in [0.3, 0.4) is 0 Å².